The number of nitrogens with one attached hydrogen (secondary N) is 1. The van der Waals surface area contributed by atoms with Gasteiger partial charge in [0.1, 0.15) is 9.75 Å². The number of carbonyl (C=O) groups excluding carboxylic acids is 2. The fraction of sp³-hybridized carbons (Fsp3) is 0.333. The van der Waals surface area contributed by atoms with Gasteiger partial charge < -0.3 is 0 Å². The lowest BCUT2D eigenvalue weighted by molar-refractivity contribution is -0.138. The smallest absolute Gasteiger partial charge is 0.254 e. The maximum atomic E-state index is 12.9. The standard InChI is InChI=1S/C15H8Cl6N2O2/c16-9-10(17)14(19)8-7(13(9,18)15(14,20)21)11(24)23(12(8)25)22-6-4-2-1-3-5-6/h1-5,7-8,22H. The predicted molar refractivity (Wildman–Crippen MR) is 99.2 cm³/mol. The average Bonchev–Trinajstić information content (AvgIpc) is 2.95. The number of benzene rings is 1. The van der Waals surface area contributed by atoms with E-state index in [0.717, 1.165) is 5.01 Å². The van der Waals surface area contributed by atoms with Crippen molar-refractivity contribution in [2.45, 2.75) is 14.1 Å². The van der Waals surface area contributed by atoms with Gasteiger partial charge in [-0.25, -0.2) is 0 Å². The van der Waals surface area contributed by atoms with E-state index >= 15 is 0 Å². The van der Waals surface area contributed by atoms with Gasteiger partial charge in [0.05, 0.1) is 27.6 Å². The number of imide groups is 1. The zero-order valence-corrected chi connectivity index (χ0v) is 16.6. The van der Waals surface area contributed by atoms with Crippen LogP contribution in [0.5, 0.6) is 0 Å². The van der Waals surface area contributed by atoms with Crippen molar-refractivity contribution < 1.29 is 9.59 Å². The summed E-state index contributed by atoms with van der Waals surface area (Å²) in [5.41, 5.74) is 3.29. The van der Waals surface area contributed by atoms with E-state index in [2.05, 4.69) is 5.43 Å². The predicted octanol–water partition coefficient (Wildman–Crippen LogP) is 4.46. The molecule has 2 aliphatic carbocycles. The summed E-state index contributed by atoms with van der Waals surface area (Å²) in [5, 5.41) is 0.640. The van der Waals surface area contributed by atoms with E-state index in [1.165, 1.54) is 0 Å². The summed E-state index contributed by atoms with van der Waals surface area (Å²) in [4.78, 5) is 22.3. The van der Waals surface area contributed by atoms with Crippen molar-refractivity contribution in [3.8, 4) is 0 Å². The molecule has 132 valence electrons. The molecule has 2 amide bonds. The van der Waals surface area contributed by atoms with Gasteiger partial charge in [-0.3, -0.25) is 15.0 Å². The van der Waals surface area contributed by atoms with E-state index in [1.807, 2.05) is 0 Å². The molecule has 2 fully saturated rings. The summed E-state index contributed by atoms with van der Waals surface area (Å²) >= 11 is 38.4. The second-order valence-electron chi connectivity index (χ2n) is 6.07. The number of rotatable bonds is 2. The molecule has 0 radical (unpaired) electrons. The van der Waals surface area contributed by atoms with Crippen LogP contribution in [-0.2, 0) is 9.59 Å². The molecular formula is C15H8Cl6N2O2. The molecule has 4 unspecified atom stereocenters. The number of halogens is 6. The Hall–Kier alpha value is -0.360. The molecule has 25 heavy (non-hydrogen) atoms. The molecule has 4 nitrogen and oxygen atoms in total. The highest BCUT2D eigenvalue weighted by Gasteiger charge is 2.87. The molecule has 0 spiro atoms. The molecule has 1 saturated carbocycles. The summed E-state index contributed by atoms with van der Waals surface area (Å²) in [6.07, 6.45) is 0. The fourth-order valence-electron chi connectivity index (χ4n) is 3.75. The normalized spacial score (nSPS) is 38.6. The van der Waals surface area contributed by atoms with Crippen molar-refractivity contribution in [1.82, 2.24) is 5.01 Å². The number of amides is 2. The molecule has 1 aromatic rings. The van der Waals surface area contributed by atoms with Gasteiger partial charge in [0.2, 0.25) is 0 Å². The van der Waals surface area contributed by atoms with Crippen LogP contribution >= 0.6 is 69.6 Å². The molecule has 0 aromatic heterocycles. The molecule has 1 aromatic carbocycles. The number of carbonyl (C=O) groups is 2. The van der Waals surface area contributed by atoms with Crippen molar-refractivity contribution in [1.29, 1.82) is 0 Å². The van der Waals surface area contributed by atoms with E-state index in [4.69, 9.17) is 69.6 Å². The van der Waals surface area contributed by atoms with Crippen molar-refractivity contribution >= 4 is 87.1 Å². The Kier molecular flexibility index (Phi) is 3.85. The first-order valence-corrected chi connectivity index (χ1v) is 9.38. The highest BCUT2D eigenvalue weighted by Crippen LogP contribution is 2.77. The molecule has 2 bridgehead atoms. The number of hydrogen-bond acceptors (Lipinski definition) is 3. The first-order chi connectivity index (χ1) is 11.6. The SMILES string of the molecule is O=C1C2C(C(=O)N1Nc1ccccc1)C1(Cl)C(Cl)=C(Cl)C2(Cl)C1(Cl)Cl. The van der Waals surface area contributed by atoms with Gasteiger partial charge in [-0.2, -0.15) is 5.01 Å². The third kappa shape index (κ3) is 1.84. The number of anilines is 1. The van der Waals surface area contributed by atoms with Crippen LogP contribution in [0.1, 0.15) is 0 Å². The summed E-state index contributed by atoms with van der Waals surface area (Å²) in [5.74, 6) is -3.52. The largest absolute Gasteiger partial charge is 0.289 e. The number of fused-ring (bicyclic) bond motifs is 5. The van der Waals surface area contributed by atoms with Gasteiger partial charge in [-0.1, -0.05) is 64.6 Å². The average molecular weight is 461 g/mol. The van der Waals surface area contributed by atoms with Gasteiger partial charge in [0.15, 0.2) is 4.33 Å². The molecule has 10 heteroatoms. The van der Waals surface area contributed by atoms with Crippen molar-refractivity contribution in [3.63, 3.8) is 0 Å². The summed E-state index contributed by atoms with van der Waals surface area (Å²) in [6.45, 7) is 0. The van der Waals surface area contributed by atoms with Crippen molar-refractivity contribution in [2.24, 2.45) is 11.8 Å². The van der Waals surface area contributed by atoms with Crippen molar-refractivity contribution in [2.75, 3.05) is 5.43 Å². The third-order valence-electron chi connectivity index (χ3n) is 4.92. The molecule has 1 N–H and O–H groups in total. The number of hydrogen-bond donors (Lipinski definition) is 1. The van der Waals surface area contributed by atoms with Crippen LogP contribution in [-0.4, -0.2) is 30.9 Å². The maximum Gasteiger partial charge on any atom is 0.254 e. The van der Waals surface area contributed by atoms with E-state index < -0.39 is 37.7 Å². The molecule has 1 aliphatic heterocycles. The number of hydrazine groups is 1. The van der Waals surface area contributed by atoms with E-state index in [1.54, 1.807) is 30.3 Å². The lowest BCUT2D eigenvalue weighted by Crippen LogP contribution is -2.51. The van der Waals surface area contributed by atoms with Gasteiger partial charge in [0, 0.05) is 0 Å². The summed E-state index contributed by atoms with van der Waals surface area (Å²) in [7, 11) is 0. The molecule has 4 atom stereocenters. The second kappa shape index (κ2) is 5.34. The van der Waals surface area contributed by atoms with E-state index in [9.17, 15) is 9.59 Å². The number of allylic oxidation sites excluding steroid dienone is 2. The molecule has 4 rings (SSSR count). The summed E-state index contributed by atoms with van der Waals surface area (Å²) in [6, 6.07) is 8.70. The van der Waals surface area contributed by atoms with Crippen LogP contribution in [0.4, 0.5) is 5.69 Å². The second-order valence-corrected chi connectivity index (χ2v) is 9.35. The number of alkyl halides is 4. The number of para-hydroxylation sites is 1. The van der Waals surface area contributed by atoms with Crippen LogP contribution in [0.3, 0.4) is 0 Å². The minimum atomic E-state index is -1.92. The molecular weight excluding hydrogens is 453 g/mol. The lowest BCUT2D eigenvalue weighted by Gasteiger charge is -2.34. The first kappa shape index (κ1) is 18.0. The fourth-order valence-corrected chi connectivity index (χ4v) is 6.68. The van der Waals surface area contributed by atoms with Gasteiger partial charge in [-0.05, 0) is 12.1 Å². The highest BCUT2D eigenvalue weighted by molar-refractivity contribution is 6.66. The van der Waals surface area contributed by atoms with Crippen LogP contribution in [0, 0.1) is 11.8 Å². The molecule has 1 heterocycles. The first-order valence-electron chi connectivity index (χ1n) is 7.11. The number of nitrogens with zero attached hydrogens (tertiary/aromatic N) is 1. The van der Waals surface area contributed by atoms with Crippen molar-refractivity contribution in [3.05, 3.63) is 40.4 Å². The minimum Gasteiger partial charge on any atom is -0.289 e. The van der Waals surface area contributed by atoms with Crippen LogP contribution < -0.4 is 5.43 Å². The summed E-state index contributed by atoms with van der Waals surface area (Å²) < 4.78 is -1.92. The van der Waals surface area contributed by atoms with Crippen LogP contribution in [0.15, 0.2) is 40.4 Å². The molecule has 1 saturated heterocycles. The Morgan fingerprint density at radius 1 is 0.840 bits per heavy atom. The monoisotopic (exact) mass is 458 g/mol. The minimum absolute atomic E-state index is 0.111. The molecule has 3 aliphatic rings. The third-order valence-corrected chi connectivity index (χ3v) is 9.18. The van der Waals surface area contributed by atoms with E-state index in [0.29, 0.717) is 5.69 Å². The lowest BCUT2D eigenvalue weighted by atomic mass is 9.84. The van der Waals surface area contributed by atoms with Crippen LogP contribution in [0.25, 0.3) is 0 Å². The zero-order valence-electron chi connectivity index (χ0n) is 12.1. The van der Waals surface area contributed by atoms with Gasteiger partial charge in [-0.15, -0.1) is 23.2 Å². The van der Waals surface area contributed by atoms with Gasteiger partial charge in [0.25, 0.3) is 11.8 Å². The highest BCUT2D eigenvalue weighted by atomic mass is 35.5. The Balaban J connectivity index is 1.81. The zero-order chi connectivity index (χ0) is 18.4. The topological polar surface area (TPSA) is 49.4 Å². The quantitative estimate of drug-likeness (QED) is 0.523. The van der Waals surface area contributed by atoms with E-state index in [-0.39, 0.29) is 10.1 Å². The van der Waals surface area contributed by atoms with Gasteiger partial charge >= 0.3 is 0 Å². The van der Waals surface area contributed by atoms with Crippen LogP contribution in [0.2, 0.25) is 0 Å². The Morgan fingerprint density at radius 3 is 1.72 bits per heavy atom. The Bertz CT molecular complexity index is 798. The maximum absolute atomic E-state index is 12.9. The Morgan fingerprint density at radius 2 is 1.28 bits per heavy atom. The Labute approximate surface area is 172 Å².